The molecule has 3 nitrogen and oxygen atoms in total. The second-order valence-electron chi connectivity index (χ2n) is 5.36. The molecule has 0 radical (unpaired) electrons. The Morgan fingerprint density at radius 1 is 0.952 bits per heavy atom. The lowest BCUT2D eigenvalue weighted by molar-refractivity contribution is -0.140. The smallest absolute Gasteiger partial charge is 0.305 e. The molecule has 0 fully saturated rings. The highest BCUT2D eigenvalue weighted by atomic mass is 16.5. The monoisotopic (exact) mass is 290 g/mol. The minimum absolute atomic E-state index is 0.153. The van der Waals surface area contributed by atoms with Crippen molar-refractivity contribution < 1.29 is 14.3 Å². The zero-order chi connectivity index (χ0) is 15.5. The van der Waals surface area contributed by atoms with Crippen molar-refractivity contribution in [2.24, 2.45) is 0 Å². The number of hydrogen-bond acceptors (Lipinski definition) is 3. The van der Waals surface area contributed by atoms with E-state index in [1.807, 2.05) is 12.1 Å². The van der Waals surface area contributed by atoms with Crippen molar-refractivity contribution >= 4 is 11.8 Å². The number of rotatable bonds is 10. The Hall–Kier alpha value is -1.64. The van der Waals surface area contributed by atoms with Gasteiger partial charge in [0.05, 0.1) is 7.11 Å². The quantitative estimate of drug-likeness (QED) is 0.366. The molecule has 0 heterocycles. The molecule has 0 aliphatic heterocycles. The van der Waals surface area contributed by atoms with E-state index in [1.165, 1.54) is 31.9 Å². The lowest BCUT2D eigenvalue weighted by Crippen LogP contribution is -2.02. The summed E-state index contributed by atoms with van der Waals surface area (Å²) in [4.78, 5) is 23.0. The fourth-order valence-electron chi connectivity index (χ4n) is 2.24. The van der Waals surface area contributed by atoms with Crippen LogP contribution in [-0.2, 0) is 16.0 Å². The van der Waals surface area contributed by atoms with Crippen LogP contribution in [0.5, 0.6) is 0 Å². The van der Waals surface area contributed by atoms with E-state index in [4.69, 9.17) is 0 Å². The number of ketones is 1. The summed E-state index contributed by atoms with van der Waals surface area (Å²) >= 11 is 0. The molecule has 0 saturated carbocycles. The van der Waals surface area contributed by atoms with Crippen LogP contribution in [0.25, 0.3) is 0 Å². The number of benzene rings is 1. The van der Waals surface area contributed by atoms with Gasteiger partial charge in [-0.2, -0.15) is 0 Å². The van der Waals surface area contributed by atoms with E-state index in [1.54, 1.807) is 0 Å². The Balaban J connectivity index is 2.32. The van der Waals surface area contributed by atoms with E-state index in [9.17, 15) is 9.59 Å². The van der Waals surface area contributed by atoms with Gasteiger partial charge in [-0.3, -0.25) is 9.59 Å². The molecule has 0 atom stereocenters. The van der Waals surface area contributed by atoms with Crippen LogP contribution in [0, 0.1) is 0 Å². The maximum absolute atomic E-state index is 12.0. The third-order valence-corrected chi connectivity index (χ3v) is 3.61. The largest absolute Gasteiger partial charge is 0.469 e. The van der Waals surface area contributed by atoms with Crippen molar-refractivity contribution in [3.63, 3.8) is 0 Å². The fourth-order valence-corrected chi connectivity index (χ4v) is 2.24. The summed E-state index contributed by atoms with van der Waals surface area (Å²) in [6.45, 7) is 2.20. The number of methoxy groups -OCH3 is 1. The molecule has 0 spiro atoms. The molecule has 1 rings (SSSR count). The van der Waals surface area contributed by atoms with Gasteiger partial charge >= 0.3 is 5.97 Å². The SMILES string of the molecule is CCCCCc1ccc(C(=O)CCCCC(=O)OC)cc1. The topological polar surface area (TPSA) is 43.4 Å². The minimum atomic E-state index is -0.209. The van der Waals surface area contributed by atoms with Crippen LogP contribution in [0.2, 0.25) is 0 Å². The van der Waals surface area contributed by atoms with Crippen LogP contribution < -0.4 is 0 Å². The average molecular weight is 290 g/mol. The Morgan fingerprint density at radius 2 is 1.62 bits per heavy atom. The van der Waals surface area contributed by atoms with Crippen LogP contribution in [-0.4, -0.2) is 18.9 Å². The Morgan fingerprint density at radius 3 is 2.24 bits per heavy atom. The lowest BCUT2D eigenvalue weighted by Gasteiger charge is -2.04. The molecule has 0 bridgehead atoms. The number of ether oxygens (including phenoxy) is 1. The molecule has 0 aromatic heterocycles. The maximum atomic E-state index is 12.0. The van der Waals surface area contributed by atoms with Gasteiger partial charge in [-0.25, -0.2) is 0 Å². The molecule has 0 saturated heterocycles. The third kappa shape index (κ3) is 7.07. The zero-order valence-corrected chi connectivity index (χ0v) is 13.2. The van der Waals surface area contributed by atoms with Crippen LogP contribution in [0.3, 0.4) is 0 Å². The molecule has 21 heavy (non-hydrogen) atoms. The summed E-state index contributed by atoms with van der Waals surface area (Å²) in [7, 11) is 1.38. The van der Waals surface area contributed by atoms with Gasteiger partial charge in [0, 0.05) is 18.4 Å². The second-order valence-corrected chi connectivity index (χ2v) is 5.36. The highest BCUT2D eigenvalue weighted by Crippen LogP contribution is 2.12. The highest BCUT2D eigenvalue weighted by Gasteiger charge is 2.07. The number of hydrogen-bond donors (Lipinski definition) is 0. The van der Waals surface area contributed by atoms with E-state index in [0.29, 0.717) is 19.3 Å². The summed E-state index contributed by atoms with van der Waals surface area (Å²) in [5.41, 5.74) is 2.07. The summed E-state index contributed by atoms with van der Waals surface area (Å²) in [6, 6.07) is 7.95. The number of Topliss-reactive ketones (excluding diaryl/α,β-unsaturated/α-hetero) is 1. The molecule has 0 amide bonds. The average Bonchev–Trinajstić information content (AvgIpc) is 2.52. The second kappa shape index (κ2) is 10.1. The van der Waals surface area contributed by atoms with E-state index in [0.717, 1.165) is 18.4 Å². The predicted octanol–water partition coefficient (Wildman–Crippen LogP) is 4.34. The summed E-state index contributed by atoms with van der Waals surface area (Å²) < 4.78 is 4.57. The van der Waals surface area contributed by atoms with Crippen molar-refractivity contribution in [2.45, 2.75) is 58.3 Å². The van der Waals surface area contributed by atoms with Crippen LogP contribution >= 0.6 is 0 Å². The molecule has 1 aromatic carbocycles. The maximum Gasteiger partial charge on any atom is 0.305 e. The third-order valence-electron chi connectivity index (χ3n) is 3.61. The summed E-state index contributed by atoms with van der Waals surface area (Å²) in [5, 5.41) is 0. The molecular weight excluding hydrogens is 264 g/mol. The van der Waals surface area contributed by atoms with Gasteiger partial charge in [0.2, 0.25) is 0 Å². The number of carbonyl (C=O) groups is 2. The molecular formula is C18H26O3. The number of esters is 1. The minimum Gasteiger partial charge on any atom is -0.469 e. The van der Waals surface area contributed by atoms with Gasteiger partial charge < -0.3 is 4.74 Å². The predicted molar refractivity (Wildman–Crippen MR) is 84.5 cm³/mol. The van der Waals surface area contributed by atoms with Crippen LogP contribution in [0.15, 0.2) is 24.3 Å². The molecule has 0 unspecified atom stereocenters. The first-order chi connectivity index (χ1) is 10.2. The Bertz CT molecular complexity index is 434. The van der Waals surface area contributed by atoms with Gasteiger partial charge in [0.15, 0.2) is 5.78 Å². The van der Waals surface area contributed by atoms with Gasteiger partial charge in [-0.1, -0.05) is 44.0 Å². The van der Waals surface area contributed by atoms with Crippen molar-refractivity contribution in [3.05, 3.63) is 35.4 Å². The number of aryl methyl sites for hydroxylation is 1. The molecule has 0 N–H and O–H groups in total. The number of unbranched alkanes of at least 4 members (excludes halogenated alkanes) is 3. The van der Waals surface area contributed by atoms with Crippen molar-refractivity contribution in [1.29, 1.82) is 0 Å². The standard InChI is InChI=1S/C18H26O3/c1-3-4-5-8-15-11-13-16(14-12-15)17(19)9-6-7-10-18(20)21-2/h11-14H,3-10H2,1-2H3. The first kappa shape index (κ1) is 17.4. The first-order valence-electron chi connectivity index (χ1n) is 7.86. The van der Waals surface area contributed by atoms with Crippen molar-refractivity contribution in [3.8, 4) is 0 Å². The van der Waals surface area contributed by atoms with Gasteiger partial charge in [0.25, 0.3) is 0 Å². The van der Waals surface area contributed by atoms with Gasteiger partial charge in [-0.05, 0) is 31.2 Å². The number of carbonyl (C=O) groups excluding carboxylic acids is 2. The molecule has 116 valence electrons. The van der Waals surface area contributed by atoms with E-state index in [2.05, 4.69) is 23.8 Å². The normalized spacial score (nSPS) is 10.4. The van der Waals surface area contributed by atoms with Crippen LogP contribution in [0.4, 0.5) is 0 Å². The molecule has 1 aromatic rings. The van der Waals surface area contributed by atoms with Crippen LogP contribution in [0.1, 0.15) is 67.8 Å². The van der Waals surface area contributed by atoms with E-state index in [-0.39, 0.29) is 11.8 Å². The van der Waals surface area contributed by atoms with Crippen molar-refractivity contribution in [1.82, 2.24) is 0 Å². The highest BCUT2D eigenvalue weighted by molar-refractivity contribution is 5.96. The summed E-state index contributed by atoms with van der Waals surface area (Å²) in [5.74, 6) is -0.0566. The summed E-state index contributed by atoms with van der Waals surface area (Å²) in [6.07, 6.45) is 7.08. The Labute approximate surface area is 127 Å². The molecule has 3 heteroatoms. The first-order valence-corrected chi connectivity index (χ1v) is 7.86. The van der Waals surface area contributed by atoms with E-state index < -0.39 is 0 Å². The van der Waals surface area contributed by atoms with Gasteiger partial charge in [-0.15, -0.1) is 0 Å². The van der Waals surface area contributed by atoms with Gasteiger partial charge in [0.1, 0.15) is 0 Å². The Kier molecular flexibility index (Phi) is 8.41. The molecule has 0 aliphatic rings. The van der Waals surface area contributed by atoms with E-state index >= 15 is 0 Å². The lowest BCUT2D eigenvalue weighted by atomic mass is 10.0. The molecule has 0 aliphatic carbocycles. The fraction of sp³-hybridized carbons (Fsp3) is 0.556. The zero-order valence-electron chi connectivity index (χ0n) is 13.2. The van der Waals surface area contributed by atoms with Crippen molar-refractivity contribution in [2.75, 3.05) is 7.11 Å².